The minimum atomic E-state index is -0.311. The summed E-state index contributed by atoms with van der Waals surface area (Å²) in [4.78, 5) is 6.70. The number of rotatable bonds is 7. The van der Waals surface area contributed by atoms with E-state index < -0.39 is 0 Å². The summed E-state index contributed by atoms with van der Waals surface area (Å²) in [5, 5.41) is 17.6. The molecule has 0 amide bonds. The fourth-order valence-corrected chi connectivity index (χ4v) is 3.20. The van der Waals surface area contributed by atoms with Gasteiger partial charge in [0.25, 0.3) is 0 Å². The second kappa shape index (κ2) is 7.25. The molecule has 1 saturated heterocycles. The maximum Gasteiger partial charge on any atom is 0.122 e. The Kier molecular flexibility index (Phi) is 5.09. The Bertz CT molecular complexity index is 624. The first-order chi connectivity index (χ1) is 11.2. The number of nitrogens with one attached hydrogen (secondary N) is 1. The topological polar surface area (TPSA) is 79.2 Å². The van der Waals surface area contributed by atoms with Gasteiger partial charge in [-0.2, -0.15) is 5.10 Å². The first-order valence-corrected chi connectivity index (χ1v) is 8.06. The van der Waals surface area contributed by atoms with Crippen molar-refractivity contribution in [2.45, 2.75) is 32.5 Å². The summed E-state index contributed by atoms with van der Waals surface area (Å²) >= 11 is 0. The van der Waals surface area contributed by atoms with Crippen LogP contribution in [-0.2, 0) is 24.2 Å². The predicted octanol–water partition coefficient (Wildman–Crippen LogP) is 0.596. The second-order valence-corrected chi connectivity index (χ2v) is 6.30. The largest absolute Gasteiger partial charge is 0.391 e. The average molecular weight is 319 g/mol. The smallest absolute Gasteiger partial charge is 0.122 e. The molecular weight excluding hydrogens is 294 g/mol. The third-order valence-electron chi connectivity index (χ3n) is 4.42. The summed E-state index contributed by atoms with van der Waals surface area (Å²) in [7, 11) is 1.70. The van der Waals surface area contributed by atoms with Crippen LogP contribution in [0.25, 0.3) is 0 Å². The molecule has 2 N–H and O–H groups in total. The number of methoxy groups -OCH3 is 1. The molecule has 2 aromatic rings. The predicted molar refractivity (Wildman–Crippen MR) is 85.9 cm³/mol. The van der Waals surface area contributed by atoms with Gasteiger partial charge in [-0.05, 0) is 19.4 Å². The zero-order valence-electron chi connectivity index (χ0n) is 13.8. The van der Waals surface area contributed by atoms with E-state index in [4.69, 9.17) is 4.74 Å². The number of ether oxygens (including phenoxy) is 1. The van der Waals surface area contributed by atoms with Gasteiger partial charge in [-0.15, -0.1) is 0 Å². The van der Waals surface area contributed by atoms with E-state index in [1.165, 1.54) is 0 Å². The van der Waals surface area contributed by atoms with Crippen LogP contribution in [0.5, 0.6) is 0 Å². The lowest BCUT2D eigenvalue weighted by Crippen LogP contribution is -2.24. The summed E-state index contributed by atoms with van der Waals surface area (Å²) in [5.41, 5.74) is 2.08. The number of hydrogen-bond donors (Lipinski definition) is 2. The third-order valence-corrected chi connectivity index (χ3v) is 4.42. The monoisotopic (exact) mass is 319 g/mol. The molecule has 0 unspecified atom stereocenters. The Balaban J connectivity index is 1.57. The van der Waals surface area contributed by atoms with E-state index in [1.807, 2.05) is 25.4 Å². The number of imidazole rings is 1. The first kappa shape index (κ1) is 16.2. The number of aromatic amines is 1. The van der Waals surface area contributed by atoms with Crippen LogP contribution in [0, 0.1) is 12.8 Å². The number of H-pyrrole nitrogens is 1. The highest BCUT2D eigenvalue weighted by atomic mass is 16.5. The number of β-amino-alcohol motifs (C(OH)–C–C–N with tert-alkyl or cyclic N) is 1. The van der Waals surface area contributed by atoms with E-state index in [9.17, 15) is 5.11 Å². The van der Waals surface area contributed by atoms with Crippen LogP contribution in [0.4, 0.5) is 0 Å². The van der Waals surface area contributed by atoms with Crippen LogP contribution in [0.1, 0.15) is 17.2 Å². The minimum absolute atomic E-state index is 0.222. The molecule has 0 aromatic carbocycles. The molecule has 1 aliphatic rings. The van der Waals surface area contributed by atoms with Gasteiger partial charge in [-0.1, -0.05) is 0 Å². The van der Waals surface area contributed by atoms with E-state index >= 15 is 0 Å². The Morgan fingerprint density at radius 2 is 2.30 bits per heavy atom. The molecule has 0 saturated carbocycles. The molecule has 1 aliphatic heterocycles. The highest BCUT2D eigenvalue weighted by molar-refractivity contribution is 5.09. The Morgan fingerprint density at radius 1 is 1.43 bits per heavy atom. The molecule has 0 aliphatic carbocycles. The van der Waals surface area contributed by atoms with Gasteiger partial charge in [0.15, 0.2) is 0 Å². The maximum absolute atomic E-state index is 10.3. The number of aromatic nitrogens is 4. The molecule has 1 fully saturated rings. The van der Waals surface area contributed by atoms with Gasteiger partial charge in [0, 0.05) is 50.7 Å². The molecule has 3 heterocycles. The SMILES string of the molecule is COCCn1ccnc1CN1C[C@@H](Cc2cc(C)[nH]n2)[C@@H](O)C1. The Morgan fingerprint density at radius 3 is 3.04 bits per heavy atom. The van der Waals surface area contributed by atoms with Crippen LogP contribution in [0.3, 0.4) is 0 Å². The van der Waals surface area contributed by atoms with Crippen LogP contribution in [-0.4, -0.2) is 62.7 Å². The van der Waals surface area contributed by atoms with Crippen molar-refractivity contribution in [2.24, 2.45) is 5.92 Å². The summed E-state index contributed by atoms with van der Waals surface area (Å²) in [6.07, 6.45) is 4.29. The molecule has 0 spiro atoms. The third kappa shape index (κ3) is 3.99. The number of aliphatic hydroxyl groups is 1. The van der Waals surface area contributed by atoms with Crippen molar-refractivity contribution < 1.29 is 9.84 Å². The first-order valence-electron chi connectivity index (χ1n) is 8.06. The van der Waals surface area contributed by atoms with E-state index in [2.05, 4.69) is 24.6 Å². The van der Waals surface area contributed by atoms with Crippen molar-refractivity contribution in [3.63, 3.8) is 0 Å². The molecule has 7 nitrogen and oxygen atoms in total. The van der Waals surface area contributed by atoms with Crippen molar-refractivity contribution >= 4 is 0 Å². The van der Waals surface area contributed by atoms with Gasteiger partial charge in [0.05, 0.1) is 24.9 Å². The van der Waals surface area contributed by atoms with Gasteiger partial charge < -0.3 is 14.4 Å². The molecule has 126 valence electrons. The Labute approximate surface area is 136 Å². The lowest BCUT2D eigenvalue weighted by Gasteiger charge is -2.16. The van der Waals surface area contributed by atoms with Crippen molar-refractivity contribution in [3.05, 3.63) is 35.7 Å². The summed E-state index contributed by atoms with van der Waals surface area (Å²) < 4.78 is 7.24. The fraction of sp³-hybridized carbons (Fsp3) is 0.625. The van der Waals surface area contributed by atoms with Crippen LogP contribution in [0.2, 0.25) is 0 Å². The van der Waals surface area contributed by atoms with Gasteiger partial charge in [-0.25, -0.2) is 4.98 Å². The van der Waals surface area contributed by atoms with E-state index in [0.29, 0.717) is 13.2 Å². The summed E-state index contributed by atoms with van der Waals surface area (Å²) in [6.45, 7) is 5.78. The van der Waals surface area contributed by atoms with E-state index in [0.717, 1.165) is 43.3 Å². The van der Waals surface area contributed by atoms with Gasteiger partial charge >= 0.3 is 0 Å². The number of aryl methyl sites for hydroxylation is 1. The number of likely N-dealkylation sites (tertiary alicyclic amines) is 1. The van der Waals surface area contributed by atoms with Crippen LogP contribution in [0.15, 0.2) is 18.5 Å². The van der Waals surface area contributed by atoms with E-state index in [1.54, 1.807) is 7.11 Å². The molecule has 2 atom stereocenters. The number of hydrogen-bond acceptors (Lipinski definition) is 5. The zero-order valence-corrected chi connectivity index (χ0v) is 13.8. The van der Waals surface area contributed by atoms with Crippen molar-refractivity contribution in [2.75, 3.05) is 26.8 Å². The van der Waals surface area contributed by atoms with Crippen molar-refractivity contribution in [3.8, 4) is 0 Å². The molecule has 0 radical (unpaired) electrons. The standard InChI is InChI=1S/C16H25N5O2/c1-12-7-14(19-18-12)8-13-9-20(10-15(13)22)11-16-17-3-4-21(16)5-6-23-2/h3-4,7,13,15,22H,5-6,8-11H2,1-2H3,(H,18,19)/t13-,15+/m1/s1. The molecule has 3 rings (SSSR count). The van der Waals surface area contributed by atoms with Gasteiger partial charge in [0.2, 0.25) is 0 Å². The molecule has 23 heavy (non-hydrogen) atoms. The fourth-order valence-electron chi connectivity index (χ4n) is 3.20. The number of aliphatic hydroxyl groups excluding tert-OH is 1. The van der Waals surface area contributed by atoms with Gasteiger partial charge in [0.1, 0.15) is 5.82 Å². The quantitative estimate of drug-likeness (QED) is 0.781. The highest BCUT2D eigenvalue weighted by Gasteiger charge is 2.32. The molecule has 7 heteroatoms. The second-order valence-electron chi connectivity index (χ2n) is 6.30. The maximum atomic E-state index is 10.3. The lowest BCUT2D eigenvalue weighted by atomic mass is 10.0. The average Bonchev–Trinajstić information content (AvgIpc) is 3.21. The normalized spacial score (nSPS) is 22.0. The zero-order chi connectivity index (χ0) is 16.2. The lowest BCUT2D eigenvalue weighted by molar-refractivity contribution is 0.140. The Hall–Kier alpha value is -1.70. The number of nitrogens with zero attached hydrogens (tertiary/aromatic N) is 4. The van der Waals surface area contributed by atoms with Crippen molar-refractivity contribution in [1.82, 2.24) is 24.6 Å². The van der Waals surface area contributed by atoms with Crippen LogP contribution >= 0.6 is 0 Å². The van der Waals surface area contributed by atoms with Crippen LogP contribution < -0.4 is 0 Å². The summed E-state index contributed by atoms with van der Waals surface area (Å²) in [5.74, 6) is 1.24. The summed E-state index contributed by atoms with van der Waals surface area (Å²) in [6, 6.07) is 2.05. The molecule has 0 bridgehead atoms. The van der Waals surface area contributed by atoms with Gasteiger partial charge in [-0.3, -0.25) is 10.00 Å². The molecular formula is C16H25N5O2. The van der Waals surface area contributed by atoms with Crippen molar-refractivity contribution in [1.29, 1.82) is 0 Å². The van der Waals surface area contributed by atoms with E-state index in [-0.39, 0.29) is 12.0 Å². The highest BCUT2D eigenvalue weighted by Crippen LogP contribution is 2.22. The molecule has 2 aromatic heterocycles. The minimum Gasteiger partial charge on any atom is -0.391 e.